The van der Waals surface area contributed by atoms with Crippen molar-refractivity contribution >= 4 is 23.2 Å². The number of carbonyl (C=O) groups is 2. The highest BCUT2D eigenvalue weighted by Gasteiger charge is 2.17. The molecule has 8 heteroatoms. The summed E-state index contributed by atoms with van der Waals surface area (Å²) in [6.45, 7) is 1.64. The number of furan rings is 1. The van der Waals surface area contributed by atoms with Crippen molar-refractivity contribution in [1.29, 1.82) is 0 Å². The molecule has 4 rings (SSSR count). The minimum Gasteiger partial charge on any atom is -0.489 e. The molecule has 1 fully saturated rings. The van der Waals surface area contributed by atoms with Crippen LogP contribution in [0, 0.1) is 0 Å². The Bertz CT molecular complexity index is 1040. The van der Waals surface area contributed by atoms with Gasteiger partial charge in [-0.05, 0) is 61.4 Å². The minimum absolute atomic E-state index is 0.0735. The number of hydrogen-bond acceptors (Lipinski definition) is 6. The molecule has 1 aromatic heterocycles. The smallest absolute Gasteiger partial charge is 0.251 e. The van der Waals surface area contributed by atoms with Crippen LogP contribution in [0.3, 0.4) is 0 Å². The Labute approximate surface area is 192 Å². The number of anilines is 2. The van der Waals surface area contributed by atoms with Crippen LogP contribution >= 0.6 is 0 Å². The van der Waals surface area contributed by atoms with Gasteiger partial charge >= 0.3 is 0 Å². The van der Waals surface area contributed by atoms with Gasteiger partial charge in [0.05, 0.1) is 31.1 Å². The highest BCUT2D eigenvalue weighted by molar-refractivity contribution is 5.96. The average molecular weight is 450 g/mol. The van der Waals surface area contributed by atoms with Crippen molar-refractivity contribution in [2.45, 2.75) is 25.5 Å². The Hall–Kier alpha value is -3.78. The van der Waals surface area contributed by atoms with Gasteiger partial charge in [-0.25, -0.2) is 0 Å². The number of para-hydroxylation sites is 2. The second kappa shape index (κ2) is 11.2. The first-order chi connectivity index (χ1) is 16.2. The van der Waals surface area contributed by atoms with Crippen molar-refractivity contribution in [1.82, 2.24) is 5.32 Å². The number of carbonyl (C=O) groups excluding carboxylic acids is 2. The fourth-order valence-corrected chi connectivity index (χ4v) is 3.45. The lowest BCUT2D eigenvalue weighted by atomic mass is 10.2. The van der Waals surface area contributed by atoms with Crippen molar-refractivity contribution in [2.75, 3.05) is 30.4 Å². The summed E-state index contributed by atoms with van der Waals surface area (Å²) < 4.78 is 16.6. The third-order valence-corrected chi connectivity index (χ3v) is 5.21. The van der Waals surface area contributed by atoms with Gasteiger partial charge in [0, 0.05) is 17.9 Å². The molecule has 0 aliphatic carbocycles. The first kappa shape index (κ1) is 22.4. The van der Waals surface area contributed by atoms with Crippen LogP contribution in [0.5, 0.6) is 5.75 Å². The fraction of sp³-hybridized carbons (Fsp3) is 0.280. The average Bonchev–Trinajstić information content (AvgIpc) is 3.55. The normalized spacial score (nSPS) is 15.1. The monoisotopic (exact) mass is 449 g/mol. The van der Waals surface area contributed by atoms with E-state index in [2.05, 4.69) is 16.0 Å². The van der Waals surface area contributed by atoms with Crippen LogP contribution < -0.4 is 20.7 Å². The lowest BCUT2D eigenvalue weighted by Gasteiger charge is -2.15. The lowest BCUT2D eigenvalue weighted by Crippen LogP contribution is -2.23. The van der Waals surface area contributed by atoms with E-state index >= 15 is 0 Å². The van der Waals surface area contributed by atoms with E-state index in [1.807, 2.05) is 18.2 Å². The van der Waals surface area contributed by atoms with Crippen molar-refractivity contribution < 1.29 is 23.5 Å². The van der Waals surface area contributed by atoms with Crippen LogP contribution in [-0.4, -0.2) is 37.7 Å². The summed E-state index contributed by atoms with van der Waals surface area (Å²) in [5.74, 6) is 0.900. The Morgan fingerprint density at radius 3 is 2.64 bits per heavy atom. The molecule has 0 bridgehead atoms. The number of nitrogens with one attached hydrogen (secondary N) is 3. The van der Waals surface area contributed by atoms with E-state index in [-0.39, 0.29) is 24.5 Å². The predicted molar refractivity (Wildman–Crippen MR) is 124 cm³/mol. The minimum atomic E-state index is -0.205. The van der Waals surface area contributed by atoms with Crippen molar-refractivity contribution in [3.8, 4) is 5.75 Å². The van der Waals surface area contributed by atoms with E-state index in [1.54, 1.807) is 48.7 Å². The number of ether oxygens (including phenoxy) is 2. The molecule has 1 unspecified atom stereocenters. The maximum atomic E-state index is 12.4. The van der Waals surface area contributed by atoms with E-state index in [4.69, 9.17) is 13.9 Å². The molecule has 2 aromatic carbocycles. The van der Waals surface area contributed by atoms with Crippen molar-refractivity contribution in [3.05, 3.63) is 78.3 Å². The van der Waals surface area contributed by atoms with Gasteiger partial charge in [0.1, 0.15) is 18.1 Å². The van der Waals surface area contributed by atoms with Crippen LogP contribution in [0.25, 0.3) is 0 Å². The van der Waals surface area contributed by atoms with E-state index in [9.17, 15) is 9.59 Å². The molecule has 1 aliphatic heterocycles. The summed E-state index contributed by atoms with van der Waals surface area (Å²) in [6, 6.07) is 17.8. The molecule has 172 valence electrons. The van der Waals surface area contributed by atoms with Gasteiger partial charge < -0.3 is 29.8 Å². The van der Waals surface area contributed by atoms with Crippen LogP contribution in [-0.2, 0) is 16.1 Å². The summed E-state index contributed by atoms with van der Waals surface area (Å²) >= 11 is 0. The Morgan fingerprint density at radius 1 is 1.03 bits per heavy atom. The number of hydrogen-bond donors (Lipinski definition) is 3. The van der Waals surface area contributed by atoms with Gasteiger partial charge in [-0.2, -0.15) is 0 Å². The molecule has 1 atom stereocenters. The quantitative estimate of drug-likeness (QED) is 0.435. The molecule has 1 aliphatic rings. The van der Waals surface area contributed by atoms with Crippen molar-refractivity contribution in [3.63, 3.8) is 0 Å². The van der Waals surface area contributed by atoms with Crippen LogP contribution in [0.15, 0.2) is 71.3 Å². The summed E-state index contributed by atoms with van der Waals surface area (Å²) in [5.41, 5.74) is 1.87. The SMILES string of the molecule is O=C(CNc1ccc(C(=O)NCc2ccco2)cc1)Nc1ccccc1OCC1CCCO1. The lowest BCUT2D eigenvalue weighted by molar-refractivity contribution is -0.114. The molecular formula is C25H27N3O5. The summed E-state index contributed by atoms with van der Waals surface area (Å²) in [6.07, 6.45) is 3.71. The highest BCUT2D eigenvalue weighted by Crippen LogP contribution is 2.25. The molecule has 8 nitrogen and oxygen atoms in total. The second-order valence-corrected chi connectivity index (χ2v) is 7.68. The zero-order valence-corrected chi connectivity index (χ0v) is 18.2. The van der Waals surface area contributed by atoms with Gasteiger partial charge in [0.15, 0.2) is 0 Å². The van der Waals surface area contributed by atoms with Gasteiger partial charge in [-0.1, -0.05) is 12.1 Å². The maximum Gasteiger partial charge on any atom is 0.251 e. The van der Waals surface area contributed by atoms with E-state index in [0.717, 1.165) is 25.1 Å². The molecule has 2 amide bonds. The zero-order valence-electron chi connectivity index (χ0n) is 18.2. The molecule has 2 heterocycles. The molecule has 3 N–H and O–H groups in total. The predicted octanol–water partition coefficient (Wildman–Crippen LogP) is 3.82. The molecule has 0 saturated carbocycles. The van der Waals surface area contributed by atoms with E-state index < -0.39 is 0 Å². The number of benzene rings is 2. The second-order valence-electron chi connectivity index (χ2n) is 7.68. The van der Waals surface area contributed by atoms with Gasteiger partial charge in [0.25, 0.3) is 5.91 Å². The van der Waals surface area contributed by atoms with Gasteiger partial charge in [-0.3, -0.25) is 9.59 Å². The summed E-state index contributed by atoms with van der Waals surface area (Å²) in [7, 11) is 0. The van der Waals surface area contributed by atoms with Crippen molar-refractivity contribution in [2.24, 2.45) is 0 Å². The Kier molecular flexibility index (Phi) is 7.60. The van der Waals surface area contributed by atoms with Gasteiger partial charge in [-0.15, -0.1) is 0 Å². The molecule has 0 radical (unpaired) electrons. The molecule has 33 heavy (non-hydrogen) atoms. The molecular weight excluding hydrogens is 422 g/mol. The highest BCUT2D eigenvalue weighted by atomic mass is 16.5. The molecule has 0 spiro atoms. The summed E-state index contributed by atoms with van der Waals surface area (Å²) in [4.78, 5) is 24.7. The first-order valence-electron chi connectivity index (χ1n) is 11.0. The molecule has 1 saturated heterocycles. The third-order valence-electron chi connectivity index (χ3n) is 5.21. The third kappa shape index (κ3) is 6.60. The zero-order chi connectivity index (χ0) is 22.9. The Morgan fingerprint density at radius 2 is 1.88 bits per heavy atom. The topological polar surface area (TPSA) is 102 Å². The van der Waals surface area contributed by atoms with E-state index in [1.165, 1.54) is 0 Å². The largest absolute Gasteiger partial charge is 0.489 e. The Balaban J connectivity index is 1.24. The maximum absolute atomic E-state index is 12.4. The standard InChI is InChI=1S/C25H27N3O5/c29-24(28-22-7-1-2-8-23(22)33-17-21-6-4-14-32-21)16-26-19-11-9-18(10-12-19)25(30)27-15-20-5-3-13-31-20/h1-3,5,7-13,21,26H,4,6,14-17H2,(H,27,30)(H,28,29). The fourth-order valence-electron chi connectivity index (χ4n) is 3.45. The first-order valence-corrected chi connectivity index (χ1v) is 11.0. The number of rotatable bonds is 10. The van der Waals surface area contributed by atoms with Crippen LogP contribution in [0.2, 0.25) is 0 Å². The van der Waals surface area contributed by atoms with E-state index in [0.29, 0.717) is 35.9 Å². The van der Waals surface area contributed by atoms with Gasteiger partial charge in [0.2, 0.25) is 5.91 Å². The summed E-state index contributed by atoms with van der Waals surface area (Å²) in [5, 5.41) is 8.73. The number of amides is 2. The molecule has 3 aromatic rings. The van der Waals surface area contributed by atoms with Crippen LogP contribution in [0.1, 0.15) is 29.0 Å². The van der Waals surface area contributed by atoms with Crippen LogP contribution in [0.4, 0.5) is 11.4 Å².